The van der Waals surface area contributed by atoms with Crippen molar-refractivity contribution >= 4 is 27.1 Å². The van der Waals surface area contributed by atoms with Crippen LogP contribution in [0.2, 0.25) is 0 Å². The van der Waals surface area contributed by atoms with Crippen molar-refractivity contribution in [3.63, 3.8) is 0 Å². The van der Waals surface area contributed by atoms with Gasteiger partial charge in [0.25, 0.3) is 0 Å². The van der Waals surface area contributed by atoms with E-state index in [1.807, 2.05) is 60.7 Å². The van der Waals surface area contributed by atoms with Crippen LogP contribution in [-0.2, 0) is 0 Å². The normalized spacial score (nSPS) is 11.7. The minimum Gasteiger partial charge on any atom is -0.507 e. The number of fused-ring (bicyclic) bond motifs is 2. The number of hydrogen-bond acceptors (Lipinski definition) is 2. The molecule has 0 heterocycles. The van der Waals surface area contributed by atoms with E-state index in [-0.39, 0.29) is 16.9 Å². The molecular formula is C26H24O2. The Morgan fingerprint density at radius 3 is 1.50 bits per heavy atom. The number of rotatable bonds is 2. The number of benzene rings is 4. The second-order valence-electron chi connectivity index (χ2n) is 8.29. The first-order valence-corrected chi connectivity index (χ1v) is 9.50. The Morgan fingerprint density at radius 2 is 1.07 bits per heavy atom. The van der Waals surface area contributed by atoms with Crippen LogP contribution in [0.1, 0.15) is 31.9 Å². The molecule has 0 amide bonds. The van der Waals surface area contributed by atoms with Gasteiger partial charge in [0.1, 0.15) is 11.5 Å². The molecule has 0 atom stereocenters. The minimum absolute atomic E-state index is 0.151. The maximum Gasteiger partial charge on any atom is 0.124 e. The van der Waals surface area contributed by atoms with E-state index in [0.717, 1.165) is 38.2 Å². The van der Waals surface area contributed by atoms with Crippen molar-refractivity contribution in [3.8, 4) is 11.5 Å². The second kappa shape index (κ2) is 6.72. The van der Waals surface area contributed by atoms with E-state index < -0.39 is 0 Å². The first-order valence-electron chi connectivity index (χ1n) is 9.50. The van der Waals surface area contributed by atoms with Gasteiger partial charge < -0.3 is 10.2 Å². The van der Waals surface area contributed by atoms with Crippen LogP contribution in [0.5, 0.6) is 11.5 Å². The number of allylic oxidation sites excluding steroid dienone is 1. The Morgan fingerprint density at radius 1 is 0.643 bits per heavy atom. The van der Waals surface area contributed by atoms with Crippen LogP contribution in [0.15, 0.2) is 78.9 Å². The highest BCUT2D eigenvalue weighted by molar-refractivity contribution is 6.07. The summed E-state index contributed by atoms with van der Waals surface area (Å²) in [6.45, 7) is 6.37. The summed E-state index contributed by atoms with van der Waals surface area (Å²) in [5.74, 6) is 0.420. The molecule has 0 aromatic heterocycles. The number of phenolic OH excluding ortho intramolecular Hbond substituents is 2. The average molecular weight is 368 g/mol. The maximum absolute atomic E-state index is 10.9. The molecule has 0 saturated heterocycles. The molecule has 0 saturated carbocycles. The first kappa shape index (κ1) is 18.1. The summed E-state index contributed by atoms with van der Waals surface area (Å²) in [5, 5.41) is 25.8. The minimum atomic E-state index is -0.151. The fraction of sp³-hybridized carbons (Fsp3) is 0.154. The quantitative estimate of drug-likeness (QED) is 0.405. The van der Waals surface area contributed by atoms with Crippen molar-refractivity contribution in [1.29, 1.82) is 0 Å². The molecule has 4 aromatic rings. The van der Waals surface area contributed by atoms with Crippen LogP contribution >= 0.6 is 0 Å². The molecule has 4 aromatic carbocycles. The number of phenols is 2. The summed E-state index contributed by atoms with van der Waals surface area (Å²) in [5.41, 5.74) is 2.19. The molecule has 0 aliphatic heterocycles. The SMILES string of the molecule is CC(C)(C)C=C(c1c(O)ccc2ccccc12)c1c(O)ccc2ccccc12. The maximum atomic E-state index is 10.9. The topological polar surface area (TPSA) is 40.5 Å². The monoisotopic (exact) mass is 368 g/mol. The molecule has 0 aliphatic carbocycles. The molecule has 0 fully saturated rings. The van der Waals surface area contributed by atoms with Crippen LogP contribution in [0.3, 0.4) is 0 Å². The van der Waals surface area contributed by atoms with Gasteiger partial charge in [0, 0.05) is 11.1 Å². The van der Waals surface area contributed by atoms with E-state index in [1.165, 1.54) is 0 Å². The predicted molar refractivity (Wildman–Crippen MR) is 118 cm³/mol. The third-order valence-electron chi connectivity index (χ3n) is 4.93. The number of aromatic hydroxyl groups is 2. The van der Waals surface area contributed by atoms with E-state index in [4.69, 9.17) is 0 Å². The lowest BCUT2D eigenvalue weighted by Gasteiger charge is -2.21. The summed E-state index contributed by atoms with van der Waals surface area (Å²) >= 11 is 0. The summed E-state index contributed by atoms with van der Waals surface area (Å²) in [4.78, 5) is 0. The zero-order chi connectivity index (χ0) is 19.9. The van der Waals surface area contributed by atoms with Gasteiger partial charge in [-0.1, -0.05) is 87.5 Å². The largest absolute Gasteiger partial charge is 0.507 e. The lowest BCUT2D eigenvalue weighted by atomic mass is 9.83. The van der Waals surface area contributed by atoms with Crippen molar-refractivity contribution in [2.45, 2.75) is 20.8 Å². The molecule has 28 heavy (non-hydrogen) atoms. The zero-order valence-electron chi connectivity index (χ0n) is 16.4. The third-order valence-corrected chi connectivity index (χ3v) is 4.93. The van der Waals surface area contributed by atoms with Crippen molar-refractivity contribution in [3.05, 3.63) is 90.0 Å². The van der Waals surface area contributed by atoms with E-state index in [9.17, 15) is 10.2 Å². The molecule has 0 aliphatic rings. The molecule has 2 heteroatoms. The van der Waals surface area contributed by atoms with Gasteiger partial charge in [0.05, 0.1) is 0 Å². The van der Waals surface area contributed by atoms with Gasteiger partial charge in [-0.2, -0.15) is 0 Å². The summed E-state index contributed by atoms with van der Waals surface area (Å²) in [6.07, 6.45) is 2.13. The molecule has 0 bridgehead atoms. The smallest absolute Gasteiger partial charge is 0.124 e. The van der Waals surface area contributed by atoms with Crippen LogP contribution in [0.4, 0.5) is 0 Å². The van der Waals surface area contributed by atoms with Crippen LogP contribution in [-0.4, -0.2) is 10.2 Å². The van der Waals surface area contributed by atoms with Crippen LogP contribution < -0.4 is 0 Å². The van der Waals surface area contributed by atoms with Crippen molar-refractivity contribution in [2.24, 2.45) is 5.41 Å². The number of hydrogen-bond donors (Lipinski definition) is 2. The molecule has 0 spiro atoms. The Labute approximate surface area is 165 Å². The zero-order valence-corrected chi connectivity index (χ0v) is 16.4. The molecular weight excluding hydrogens is 344 g/mol. The fourth-order valence-electron chi connectivity index (χ4n) is 3.79. The van der Waals surface area contributed by atoms with Crippen LogP contribution in [0.25, 0.3) is 27.1 Å². The van der Waals surface area contributed by atoms with Gasteiger partial charge in [-0.15, -0.1) is 0 Å². The highest BCUT2D eigenvalue weighted by Crippen LogP contribution is 2.44. The van der Waals surface area contributed by atoms with Crippen molar-refractivity contribution in [2.75, 3.05) is 0 Å². The van der Waals surface area contributed by atoms with Crippen molar-refractivity contribution < 1.29 is 10.2 Å². The molecule has 0 unspecified atom stereocenters. The third kappa shape index (κ3) is 3.22. The molecule has 2 nitrogen and oxygen atoms in total. The Hall–Kier alpha value is -3.26. The highest BCUT2D eigenvalue weighted by Gasteiger charge is 2.21. The van der Waals surface area contributed by atoms with Gasteiger partial charge in [-0.3, -0.25) is 0 Å². The van der Waals surface area contributed by atoms with E-state index in [0.29, 0.717) is 0 Å². The van der Waals surface area contributed by atoms with Gasteiger partial charge >= 0.3 is 0 Å². The van der Waals surface area contributed by atoms with Gasteiger partial charge in [0.15, 0.2) is 0 Å². The van der Waals surface area contributed by atoms with Gasteiger partial charge in [-0.05, 0) is 44.7 Å². The Kier molecular flexibility index (Phi) is 4.35. The summed E-state index contributed by atoms with van der Waals surface area (Å²) in [6, 6.07) is 23.4. The van der Waals surface area contributed by atoms with Crippen molar-refractivity contribution in [1.82, 2.24) is 0 Å². The molecule has 140 valence electrons. The fourth-order valence-corrected chi connectivity index (χ4v) is 3.79. The highest BCUT2D eigenvalue weighted by atomic mass is 16.3. The van der Waals surface area contributed by atoms with Gasteiger partial charge in [0.2, 0.25) is 0 Å². The second-order valence-corrected chi connectivity index (χ2v) is 8.29. The standard InChI is InChI=1S/C26H24O2/c1-26(2,3)16-21(24-19-10-6-4-8-17(19)12-14-22(24)27)25-20-11-7-5-9-18(20)13-15-23(25)28/h4-16,27-28H,1-3H3. The molecule has 4 rings (SSSR count). The lowest BCUT2D eigenvalue weighted by molar-refractivity contribution is 0.471. The van der Waals surface area contributed by atoms with Crippen LogP contribution in [0, 0.1) is 5.41 Å². The van der Waals surface area contributed by atoms with E-state index in [2.05, 4.69) is 26.8 Å². The Bertz CT molecular complexity index is 1120. The summed E-state index contributed by atoms with van der Waals surface area (Å²) in [7, 11) is 0. The predicted octanol–water partition coefficient (Wildman–Crippen LogP) is 6.88. The lowest BCUT2D eigenvalue weighted by Crippen LogP contribution is -2.03. The first-order chi connectivity index (χ1) is 13.3. The van der Waals surface area contributed by atoms with E-state index >= 15 is 0 Å². The van der Waals surface area contributed by atoms with Gasteiger partial charge in [-0.25, -0.2) is 0 Å². The average Bonchev–Trinajstić information content (AvgIpc) is 2.66. The molecule has 0 radical (unpaired) electrons. The Balaban J connectivity index is 2.16. The summed E-state index contributed by atoms with van der Waals surface area (Å²) < 4.78 is 0. The van der Waals surface area contributed by atoms with E-state index in [1.54, 1.807) is 12.1 Å². The molecule has 2 N–H and O–H groups in total.